The third-order valence-electron chi connectivity index (χ3n) is 3.96. The van der Waals surface area contributed by atoms with E-state index < -0.39 is 5.97 Å². The molecule has 0 saturated carbocycles. The molecule has 1 aliphatic rings. The van der Waals surface area contributed by atoms with Gasteiger partial charge in [0.1, 0.15) is 6.54 Å². The Balaban J connectivity index is 1.64. The van der Waals surface area contributed by atoms with Gasteiger partial charge in [0.15, 0.2) is 6.61 Å². The topological polar surface area (TPSA) is 102 Å². The van der Waals surface area contributed by atoms with Crippen LogP contribution in [-0.4, -0.2) is 61.5 Å². The molecule has 2 amide bonds. The van der Waals surface area contributed by atoms with Crippen LogP contribution in [0.3, 0.4) is 0 Å². The quantitative estimate of drug-likeness (QED) is 0.701. The van der Waals surface area contributed by atoms with E-state index in [1.54, 1.807) is 29.3 Å². The lowest BCUT2D eigenvalue weighted by Crippen LogP contribution is -2.43. The Morgan fingerprint density at radius 1 is 1.23 bits per heavy atom. The summed E-state index contributed by atoms with van der Waals surface area (Å²) in [7, 11) is 0. The van der Waals surface area contributed by atoms with Crippen molar-refractivity contribution in [2.45, 2.75) is 19.8 Å². The van der Waals surface area contributed by atoms with Gasteiger partial charge in [0, 0.05) is 13.1 Å². The highest BCUT2D eigenvalue weighted by Gasteiger charge is 2.28. The summed E-state index contributed by atoms with van der Waals surface area (Å²) in [6.07, 6.45) is 1.07. The second-order valence-corrected chi connectivity index (χ2v) is 6.68. The molecule has 1 aromatic rings. The largest absolute Gasteiger partial charge is 0.466 e. The van der Waals surface area contributed by atoms with Gasteiger partial charge in [0.25, 0.3) is 11.8 Å². The summed E-state index contributed by atoms with van der Waals surface area (Å²) < 4.78 is 9.89. The maximum Gasteiger partial charge on any atom is 0.325 e. The number of esters is 2. The summed E-state index contributed by atoms with van der Waals surface area (Å²) in [4.78, 5) is 49.2. The molecule has 8 nitrogen and oxygen atoms in total. The number of hydrogen-bond donors (Lipinski definition) is 1. The maximum absolute atomic E-state index is 12.1. The number of likely N-dealkylation sites (tertiary alicyclic amines) is 1. The van der Waals surface area contributed by atoms with Crippen molar-refractivity contribution < 1.29 is 28.7 Å². The number of nitrogens with zero attached hydrogens (tertiary/aromatic N) is 1. The first-order chi connectivity index (χ1) is 12.5. The zero-order valence-corrected chi connectivity index (χ0v) is 15.4. The lowest BCUT2D eigenvalue weighted by molar-refractivity contribution is -0.154. The Kier molecular flexibility index (Phi) is 7.58. The van der Waals surface area contributed by atoms with Crippen molar-refractivity contribution in [3.05, 3.63) is 22.4 Å². The van der Waals surface area contributed by atoms with E-state index in [1.165, 1.54) is 11.3 Å². The molecule has 0 aliphatic carbocycles. The summed E-state index contributed by atoms with van der Waals surface area (Å²) in [6.45, 7) is 2.28. The molecule has 2 heterocycles. The number of piperidine rings is 1. The van der Waals surface area contributed by atoms with E-state index in [9.17, 15) is 19.2 Å². The average Bonchev–Trinajstić information content (AvgIpc) is 3.19. The molecule has 9 heteroatoms. The van der Waals surface area contributed by atoms with Crippen LogP contribution in [0.5, 0.6) is 0 Å². The second kappa shape index (κ2) is 9.91. The molecule has 1 saturated heterocycles. The molecule has 0 atom stereocenters. The van der Waals surface area contributed by atoms with Gasteiger partial charge in [-0.15, -0.1) is 11.3 Å². The fourth-order valence-electron chi connectivity index (χ4n) is 2.56. The second-order valence-electron chi connectivity index (χ2n) is 5.73. The van der Waals surface area contributed by atoms with Crippen LogP contribution in [0.15, 0.2) is 17.5 Å². The highest BCUT2D eigenvalue weighted by molar-refractivity contribution is 7.12. The van der Waals surface area contributed by atoms with E-state index in [1.807, 2.05) is 0 Å². The Labute approximate surface area is 155 Å². The zero-order valence-electron chi connectivity index (χ0n) is 14.6. The van der Waals surface area contributed by atoms with Crippen molar-refractivity contribution in [2.75, 3.05) is 32.8 Å². The van der Waals surface area contributed by atoms with E-state index in [-0.39, 0.29) is 36.9 Å². The van der Waals surface area contributed by atoms with E-state index >= 15 is 0 Å². The lowest BCUT2D eigenvalue weighted by atomic mass is 9.97. The van der Waals surface area contributed by atoms with E-state index in [0.717, 1.165) is 0 Å². The maximum atomic E-state index is 12.1. The zero-order chi connectivity index (χ0) is 18.9. The van der Waals surface area contributed by atoms with Crippen LogP contribution in [0.25, 0.3) is 0 Å². The molecule has 1 aromatic heterocycles. The standard InChI is InChI=1S/C17H22N2O6S/c1-2-24-17(23)12-5-7-19(8-6-12)14(20)11-25-15(21)10-18-16(22)13-4-3-9-26-13/h3-4,9,12H,2,5-8,10-11H2,1H3,(H,18,22). The minimum atomic E-state index is -0.676. The van der Waals surface area contributed by atoms with Crippen molar-refractivity contribution in [3.8, 4) is 0 Å². The van der Waals surface area contributed by atoms with Crippen LogP contribution in [0, 0.1) is 5.92 Å². The molecule has 142 valence electrons. The van der Waals surface area contributed by atoms with Gasteiger partial charge in [-0.05, 0) is 31.2 Å². The summed E-state index contributed by atoms with van der Waals surface area (Å²) in [5.41, 5.74) is 0. The summed E-state index contributed by atoms with van der Waals surface area (Å²) in [6, 6.07) is 3.39. The fourth-order valence-corrected chi connectivity index (χ4v) is 3.20. The third kappa shape index (κ3) is 5.83. The van der Waals surface area contributed by atoms with Crippen LogP contribution in [0.2, 0.25) is 0 Å². The van der Waals surface area contributed by atoms with Gasteiger partial charge in [-0.25, -0.2) is 0 Å². The van der Waals surface area contributed by atoms with Crippen molar-refractivity contribution in [1.29, 1.82) is 0 Å². The van der Waals surface area contributed by atoms with Crippen LogP contribution >= 0.6 is 11.3 Å². The molecule has 1 N–H and O–H groups in total. The van der Waals surface area contributed by atoms with E-state index in [0.29, 0.717) is 37.4 Å². The first kappa shape index (κ1) is 19.9. The number of nitrogens with one attached hydrogen (secondary N) is 1. The minimum Gasteiger partial charge on any atom is -0.466 e. The monoisotopic (exact) mass is 382 g/mol. The Morgan fingerprint density at radius 3 is 2.58 bits per heavy atom. The molecule has 0 aromatic carbocycles. The molecule has 2 rings (SSSR count). The predicted octanol–water partition coefficient (Wildman–Crippen LogP) is 0.823. The Morgan fingerprint density at radius 2 is 1.96 bits per heavy atom. The fraction of sp³-hybridized carbons (Fsp3) is 0.529. The molecule has 1 fully saturated rings. The van der Waals surface area contributed by atoms with E-state index in [2.05, 4.69) is 5.32 Å². The smallest absolute Gasteiger partial charge is 0.325 e. The SMILES string of the molecule is CCOC(=O)C1CCN(C(=O)COC(=O)CNC(=O)c2cccs2)CC1. The third-order valence-corrected chi connectivity index (χ3v) is 4.83. The van der Waals surface area contributed by atoms with Gasteiger partial charge >= 0.3 is 11.9 Å². The van der Waals surface area contributed by atoms with Gasteiger partial charge in [-0.2, -0.15) is 0 Å². The van der Waals surface area contributed by atoms with Gasteiger partial charge in [-0.3, -0.25) is 19.2 Å². The van der Waals surface area contributed by atoms with Gasteiger partial charge in [0.2, 0.25) is 0 Å². The van der Waals surface area contributed by atoms with Crippen molar-refractivity contribution in [3.63, 3.8) is 0 Å². The summed E-state index contributed by atoms with van der Waals surface area (Å²) >= 11 is 1.27. The number of carbonyl (C=O) groups is 4. The number of hydrogen-bond acceptors (Lipinski definition) is 7. The van der Waals surface area contributed by atoms with Crippen molar-refractivity contribution >= 4 is 35.1 Å². The Hall–Kier alpha value is -2.42. The lowest BCUT2D eigenvalue weighted by Gasteiger charge is -2.30. The number of carbonyl (C=O) groups excluding carboxylic acids is 4. The number of thiophene rings is 1. The van der Waals surface area contributed by atoms with Gasteiger partial charge in [-0.1, -0.05) is 6.07 Å². The number of amides is 2. The molecule has 0 unspecified atom stereocenters. The van der Waals surface area contributed by atoms with Crippen molar-refractivity contribution in [1.82, 2.24) is 10.2 Å². The first-order valence-corrected chi connectivity index (χ1v) is 9.31. The molecule has 0 radical (unpaired) electrons. The van der Waals surface area contributed by atoms with Crippen molar-refractivity contribution in [2.24, 2.45) is 5.92 Å². The predicted molar refractivity (Wildman–Crippen MR) is 93.5 cm³/mol. The van der Waals surface area contributed by atoms with Gasteiger partial charge in [0.05, 0.1) is 17.4 Å². The van der Waals surface area contributed by atoms with E-state index in [4.69, 9.17) is 9.47 Å². The highest BCUT2D eigenvalue weighted by Crippen LogP contribution is 2.18. The summed E-state index contributed by atoms with van der Waals surface area (Å²) in [5, 5.41) is 4.20. The highest BCUT2D eigenvalue weighted by atomic mass is 32.1. The first-order valence-electron chi connectivity index (χ1n) is 8.43. The van der Waals surface area contributed by atoms with Crippen LogP contribution in [0.4, 0.5) is 0 Å². The Bertz CT molecular complexity index is 638. The van der Waals surface area contributed by atoms with Crippen LogP contribution < -0.4 is 5.32 Å². The number of ether oxygens (including phenoxy) is 2. The van der Waals surface area contributed by atoms with Crippen LogP contribution in [0.1, 0.15) is 29.4 Å². The normalized spacial score (nSPS) is 14.6. The molecular weight excluding hydrogens is 360 g/mol. The molecule has 26 heavy (non-hydrogen) atoms. The number of rotatable bonds is 7. The molecule has 0 bridgehead atoms. The molecule has 1 aliphatic heterocycles. The van der Waals surface area contributed by atoms with Gasteiger partial charge < -0.3 is 19.7 Å². The average molecular weight is 382 g/mol. The van der Waals surface area contributed by atoms with Crippen LogP contribution in [-0.2, 0) is 23.9 Å². The molecular formula is C17H22N2O6S. The summed E-state index contributed by atoms with van der Waals surface area (Å²) in [5.74, 6) is -1.76. The molecule has 0 spiro atoms. The minimum absolute atomic E-state index is 0.186.